The fraction of sp³-hybridized carbons (Fsp3) is 0.154. The normalized spacial score (nSPS) is 10.8. The van der Waals surface area contributed by atoms with Gasteiger partial charge in [0, 0.05) is 6.21 Å². The van der Waals surface area contributed by atoms with Gasteiger partial charge in [0.15, 0.2) is 23.1 Å². The van der Waals surface area contributed by atoms with E-state index in [1.54, 1.807) is 24.4 Å². The van der Waals surface area contributed by atoms with Gasteiger partial charge in [0.25, 0.3) is 0 Å². The monoisotopic (exact) mass is 428 g/mol. The van der Waals surface area contributed by atoms with E-state index in [1.807, 2.05) is 48.5 Å². The van der Waals surface area contributed by atoms with Crippen molar-refractivity contribution in [3.05, 3.63) is 78.4 Å². The molecule has 0 aliphatic heterocycles. The molecule has 162 valence electrons. The summed E-state index contributed by atoms with van der Waals surface area (Å²) in [6.07, 6.45) is 3.40. The smallest absolute Gasteiger partial charge is 0.191 e. The molecule has 0 saturated carbocycles. The number of Topliss-reactive ketones (excluding diaryl/α,β-unsaturated/α-hetero) is 2. The fourth-order valence-electron chi connectivity index (χ4n) is 2.98. The van der Waals surface area contributed by atoms with E-state index in [9.17, 15) is 9.59 Å². The number of rotatable bonds is 12. The summed E-state index contributed by atoms with van der Waals surface area (Å²) in [6.45, 7) is 6.70. The van der Waals surface area contributed by atoms with Crippen molar-refractivity contribution in [1.29, 1.82) is 0 Å². The van der Waals surface area contributed by atoms with Crippen LogP contribution in [0.4, 0.5) is 0 Å². The summed E-state index contributed by atoms with van der Waals surface area (Å²) in [4.78, 5) is 31.8. The highest BCUT2D eigenvalue weighted by Gasteiger charge is 2.12. The molecule has 32 heavy (non-hydrogen) atoms. The summed E-state index contributed by atoms with van der Waals surface area (Å²) in [5.41, 5.74) is 1.87. The van der Waals surface area contributed by atoms with Gasteiger partial charge in [-0.05, 0) is 46.8 Å². The molecule has 0 aromatic heterocycles. The first-order valence-electron chi connectivity index (χ1n) is 10.1. The summed E-state index contributed by atoms with van der Waals surface area (Å²) in [6, 6.07) is 18.9. The number of aliphatic imine (C=N–C) groups is 2. The maximum Gasteiger partial charge on any atom is 0.191 e. The second-order valence-electron chi connectivity index (χ2n) is 7.03. The van der Waals surface area contributed by atoms with Crippen LogP contribution in [0.5, 0.6) is 11.5 Å². The largest absolute Gasteiger partial charge is 0.482 e. The highest BCUT2D eigenvalue weighted by molar-refractivity contribution is 5.88. The minimum Gasteiger partial charge on any atom is -0.482 e. The van der Waals surface area contributed by atoms with E-state index in [0.717, 1.165) is 21.9 Å². The minimum atomic E-state index is -0.204. The summed E-state index contributed by atoms with van der Waals surface area (Å²) in [7, 11) is 0. The van der Waals surface area contributed by atoms with Crippen LogP contribution < -0.4 is 9.47 Å². The number of carbonyl (C=O) groups is 2. The third-order valence-corrected chi connectivity index (χ3v) is 4.53. The summed E-state index contributed by atoms with van der Waals surface area (Å²) >= 11 is 0. The average Bonchev–Trinajstić information content (AvgIpc) is 2.81. The van der Waals surface area contributed by atoms with Gasteiger partial charge >= 0.3 is 0 Å². The number of benzene rings is 3. The number of hydrogen-bond acceptors (Lipinski definition) is 6. The van der Waals surface area contributed by atoms with Gasteiger partial charge in [0.2, 0.25) is 0 Å². The SMILES string of the molecule is C=Cc1cccc(C=NCC(=O)COc2cc3ccccc3cc2OCC(=O)CN=C)c1. The third kappa shape index (κ3) is 6.47. The van der Waals surface area contributed by atoms with E-state index < -0.39 is 0 Å². The lowest BCUT2D eigenvalue weighted by atomic mass is 10.1. The van der Waals surface area contributed by atoms with E-state index in [2.05, 4.69) is 23.3 Å². The van der Waals surface area contributed by atoms with E-state index in [-0.39, 0.29) is 37.9 Å². The lowest BCUT2D eigenvalue weighted by Crippen LogP contribution is -2.16. The van der Waals surface area contributed by atoms with Crippen molar-refractivity contribution in [2.75, 3.05) is 26.3 Å². The molecule has 0 aliphatic rings. The molecule has 0 spiro atoms. The minimum absolute atomic E-state index is 0.00835. The van der Waals surface area contributed by atoms with E-state index >= 15 is 0 Å². The molecule has 0 saturated heterocycles. The van der Waals surface area contributed by atoms with Crippen molar-refractivity contribution in [3.8, 4) is 11.5 Å². The molecule has 0 aliphatic carbocycles. The van der Waals surface area contributed by atoms with Crippen LogP contribution in [0, 0.1) is 0 Å². The van der Waals surface area contributed by atoms with Crippen molar-refractivity contribution in [2.45, 2.75) is 0 Å². The lowest BCUT2D eigenvalue weighted by molar-refractivity contribution is -0.120. The number of fused-ring (bicyclic) bond motifs is 1. The zero-order valence-corrected chi connectivity index (χ0v) is 17.7. The van der Waals surface area contributed by atoms with Crippen LogP contribution >= 0.6 is 0 Å². The predicted molar refractivity (Wildman–Crippen MR) is 128 cm³/mol. The summed E-state index contributed by atoms with van der Waals surface area (Å²) < 4.78 is 11.4. The van der Waals surface area contributed by atoms with Gasteiger partial charge < -0.3 is 9.47 Å². The van der Waals surface area contributed by atoms with Crippen molar-refractivity contribution >= 4 is 41.3 Å². The van der Waals surface area contributed by atoms with Gasteiger partial charge in [-0.25, -0.2) is 0 Å². The zero-order valence-electron chi connectivity index (χ0n) is 17.7. The molecule has 3 aromatic carbocycles. The van der Waals surface area contributed by atoms with Gasteiger partial charge in [0.05, 0.1) is 0 Å². The van der Waals surface area contributed by atoms with Crippen molar-refractivity contribution in [3.63, 3.8) is 0 Å². The van der Waals surface area contributed by atoms with Crippen LogP contribution in [0.15, 0.2) is 77.2 Å². The molecule has 6 nitrogen and oxygen atoms in total. The summed E-state index contributed by atoms with van der Waals surface area (Å²) in [5.74, 6) is 0.384. The summed E-state index contributed by atoms with van der Waals surface area (Å²) in [5, 5.41) is 1.86. The van der Waals surface area contributed by atoms with Crippen molar-refractivity contribution < 1.29 is 19.1 Å². The molecule has 0 amide bonds. The van der Waals surface area contributed by atoms with Crippen molar-refractivity contribution in [2.24, 2.45) is 9.98 Å². The van der Waals surface area contributed by atoms with Gasteiger partial charge in [0.1, 0.15) is 26.3 Å². The maximum absolute atomic E-state index is 12.3. The maximum atomic E-state index is 12.3. The van der Waals surface area contributed by atoms with Crippen LogP contribution in [-0.4, -0.2) is 50.8 Å². The Kier molecular flexibility index (Phi) is 8.03. The average molecular weight is 428 g/mol. The highest BCUT2D eigenvalue weighted by Crippen LogP contribution is 2.32. The van der Waals surface area contributed by atoms with Gasteiger partial charge in [-0.1, -0.05) is 55.1 Å². The van der Waals surface area contributed by atoms with E-state index in [0.29, 0.717) is 11.5 Å². The Labute approximate surface area is 186 Å². The van der Waals surface area contributed by atoms with Gasteiger partial charge in [-0.2, -0.15) is 0 Å². The first-order valence-corrected chi connectivity index (χ1v) is 10.1. The van der Waals surface area contributed by atoms with Crippen LogP contribution in [0.3, 0.4) is 0 Å². The Hall–Kier alpha value is -4.06. The number of hydrogen-bond donors (Lipinski definition) is 0. The predicted octanol–water partition coefficient (Wildman–Crippen LogP) is 4.20. The lowest BCUT2D eigenvalue weighted by Gasteiger charge is -2.13. The standard InChI is InChI=1S/C26H24N2O4/c1-3-19-7-6-8-20(11-19)14-28-16-24(30)18-32-26-13-22-10-5-4-9-21(22)12-25(26)31-17-23(29)15-27-2/h3-14H,1-2,15-18H2. The first-order chi connectivity index (χ1) is 15.6. The molecule has 0 atom stereocenters. The molecular formula is C26H24N2O4. The van der Waals surface area contributed by atoms with Gasteiger partial charge in [-0.15, -0.1) is 0 Å². The third-order valence-electron chi connectivity index (χ3n) is 4.53. The van der Waals surface area contributed by atoms with E-state index in [4.69, 9.17) is 9.47 Å². The highest BCUT2D eigenvalue weighted by atomic mass is 16.5. The van der Waals surface area contributed by atoms with Gasteiger partial charge in [-0.3, -0.25) is 19.6 Å². The Morgan fingerprint density at radius 1 is 0.812 bits per heavy atom. The fourth-order valence-corrected chi connectivity index (χ4v) is 2.98. The van der Waals surface area contributed by atoms with E-state index in [1.165, 1.54) is 0 Å². The number of nitrogens with zero attached hydrogens (tertiary/aromatic N) is 2. The van der Waals surface area contributed by atoms with Crippen molar-refractivity contribution in [1.82, 2.24) is 0 Å². The second kappa shape index (κ2) is 11.4. The molecule has 0 N–H and O–H groups in total. The molecule has 0 radical (unpaired) electrons. The zero-order chi connectivity index (χ0) is 22.8. The molecule has 0 heterocycles. The molecule has 3 rings (SSSR count). The van der Waals surface area contributed by atoms with Crippen LogP contribution in [0.1, 0.15) is 11.1 Å². The molecule has 0 bridgehead atoms. The Morgan fingerprint density at radius 2 is 1.41 bits per heavy atom. The number of carbonyl (C=O) groups excluding carboxylic acids is 2. The van der Waals surface area contributed by atoms with Crippen LogP contribution in [0.2, 0.25) is 0 Å². The molecule has 6 heteroatoms. The topological polar surface area (TPSA) is 77.3 Å². The first kappa shape index (κ1) is 22.6. The number of ether oxygens (including phenoxy) is 2. The quantitative estimate of drug-likeness (QED) is 0.405. The molecule has 3 aromatic rings. The second-order valence-corrected chi connectivity index (χ2v) is 7.03. The van der Waals surface area contributed by atoms with Crippen LogP contribution in [0.25, 0.3) is 16.8 Å². The van der Waals surface area contributed by atoms with Crippen LogP contribution in [-0.2, 0) is 9.59 Å². The molecule has 0 unspecified atom stereocenters. The Bertz CT molecular complexity index is 1170. The molecule has 0 fully saturated rings. The Morgan fingerprint density at radius 3 is 2.00 bits per heavy atom. The molecular weight excluding hydrogens is 404 g/mol. The number of ketones is 2. The Balaban J connectivity index is 1.65.